The third-order valence-electron chi connectivity index (χ3n) is 11.2. The quantitative estimate of drug-likeness (QED) is 0.242. The van der Waals surface area contributed by atoms with Crippen molar-refractivity contribution < 1.29 is 37.1 Å². The van der Waals surface area contributed by atoms with Crippen LogP contribution in [0.5, 0.6) is 11.5 Å². The number of fused-ring (bicyclic) bond motifs is 1. The minimum Gasteiger partial charge on any atom is -0.497 e. The van der Waals surface area contributed by atoms with E-state index in [-0.39, 0.29) is 31.2 Å². The largest absolute Gasteiger partial charge is 0.497 e. The average Bonchev–Trinajstić information content (AvgIpc) is 3.96. The Morgan fingerprint density at radius 2 is 1.60 bits per heavy atom. The maximum absolute atomic E-state index is 14.9. The maximum atomic E-state index is 14.9. The van der Waals surface area contributed by atoms with E-state index in [1.807, 2.05) is 80.3 Å². The van der Waals surface area contributed by atoms with E-state index in [4.69, 9.17) is 14.5 Å². The Hall–Kier alpha value is -4.72. The van der Waals surface area contributed by atoms with E-state index in [2.05, 4.69) is 10.0 Å². The number of rotatable bonds is 12. The van der Waals surface area contributed by atoms with Crippen molar-refractivity contribution in [1.29, 1.82) is 0 Å². The van der Waals surface area contributed by atoms with E-state index in [1.165, 1.54) is 4.90 Å². The van der Waals surface area contributed by atoms with E-state index in [0.29, 0.717) is 54.0 Å². The van der Waals surface area contributed by atoms with Crippen LogP contribution in [0.2, 0.25) is 0 Å². The average molecular weight is 804 g/mol. The first kappa shape index (κ1) is 41.9. The van der Waals surface area contributed by atoms with E-state index >= 15 is 0 Å². The Morgan fingerprint density at radius 3 is 2.21 bits per heavy atom. The van der Waals surface area contributed by atoms with Crippen molar-refractivity contribution in [2.45, 2.75) is 110 Å². The fourth-order valence-electron chi connectivity index (χ4n) is 7.70. The number of pyridine rings is 1. The van der Waals surface area contributed by atoms with Gasteiger partial charge in [0, 0.05) is 49.0 Å². The zero-order chi connectivity index (χ0) is 41.3. The van der Waals surface area contributed by atoms with Crippen LogP contribution in [0.15, 0.2) is 54.6 Å². The Kier molecular flexibility index (Phi) is 12.2. The number of carbonyl (C=O) groups is 4. The second kappa shape index (κ2) is 16.6. The molecule has 14 heteroatoms. The number of amides is 4. The zero-order valence-corrected chi connectivity index (χ0v) is 35.0. The van der Waals surface area contributed by atoms with Gasteiger partial charge in [0.15, 0.2) is 0 Å². The normalized spacial score (nSPS) is 20.1. The van der Waals surface area contributed by atoms with Crippen molar-refractivity contribution in [2.75, 3.05) is 26.7 Å². The molecule has 1 saturated carbocycles. The topological polar surface area (TPSA) is 164 Å². The predicted molar refractivity (Wildman–Crippen MR) is 218 cm³/mol. The Labute approximate surface area is 336 Å². The van der Waals surface area contributed by atoms with Gasteiger partial charge in [0.2, 0.25) is 27.7 Å². The molecule has 2 saturated heterocycles. The third kappa shape index (κ3) is 9.88. The molecule has 2 unspecified atom stereocenters. The van der Waals surface area contributed by atoms with Gasteiger partial charge >= 0.3 is 0 Å². The molecule has 57 heavy (non-hydrogen) atoms. The Balaban J connectivity index is 1.34. The number of piperidine rings is 1. The van der Waals surface area contributed by atoms with Crippen LogP contribution in [0.3, 0.4) is 0 Å². The standard InChI is InChI=1S/C43H57N5O8S/c1-42(2,3)32(24-37(49)47-20-12-9-13-21-47)41(52)48-26-29(23-35(48)39(50)45-38(43(4,5)6)40(51)46-57(53,54)30-17-18-30)56-36-25-33(27-14-10-8-11-15-27)44-34-22-28(55-7)16-19-31(34)36/h8,10-11,14-16,19,22,25,29-30,32,35,38H,9,12-13,17-18,20-21,23-24,26H2,1-7H3,(H,45,50)(H,46,51)/t29-,32?,35+,38?/m1/s1. The van der Waals surface area contributed by atoms with Crippen molar-refractivity contribution in [3.63, 3.8) is 0 Å². The van der Waals surface area contributed by atoms with Crippen LogP contribution in [-0.4, -0.2) is 97.0 Å². The van der Waals surface area contributed by atoms with Crippen LogP contribution in [0, 0.1) is 16.7 Å². The summed E-state index contributed by atoms with van der Waals surface area (Å²) >= 11 is 0. The highest BCUT2D eigenvalue weighted by atomic mass is 32.2. The number of likely N-dealkylation sites (tertiary alicyclic amines) is 2. The van der Waals surface area contributed by atoms with Gasteiger partial charge < -0.3 is 24.6 Å². The van der Waals surface area contributed by atoms with Crippen LogP contribution < -0.4 is 19.5 Å². The van der Waals surface area contributed by atoms with E-state index in [0.717, 1.165) is 24.8 Å². The molecule has 3 aliphatic rings. The van der Waals surface area contributed by atoms with Crippen molar-refractivity contribution in [3.8, 4) is 22.8 Å². The molecule has 3 fully saturated rings. The van der Waals surface area contributed by atoms with Crippen molar-refractivity contribution >= 4 is 44.6 Å². The van der Waals surface area contributed by atoms with Crippen LogP contribution in [-0.2, 0) is 29.2 Å². The molecule has 2 aliphatic heterocycles. The molecule has 2 N–H and O–H groups in total. The molecule has 4 atom stereocenters. The summed E-state index contributed by atoms with van der Waals surface area (Å²) in [5.74, 6) is -1.54. The molecule has 3 heterocycles. The number of carbonyl (C=O) groups excluding carboxylic acids is 4. The predicted octanol–water partition coefficient (Wildman–Crippen LogP) is 5.46. The first-order valence-electron chi connectivity index (χ1n) is 20.0. The van der Waals surface area contributed by atoms with Crippen LogP contribution >= 0.6 is 0 Å². The minimum absolute atomic E-state index is 0.0119. The molecule has 3 aromatic rings. The van der Waals surface area contributed by atoms with Gasteiger partial charge in [-0.05, 0) is 55.1 Å². The van der Waals surface area contributed by atoms with Gasteiger partial charge in [-0.1, -0.05) is 71.9 Å². The van der Waals surface area contributed by atoms with Gasteiger partial charge in [-0.2, -0.15) is 0 Å². The first-order chi connectivity index (χ1) is 26.9. The van der Waals surface area contributed by atoms with Crippen LogP contribution in [0.25, 0.3) is 22.2 Å². The molecule has 6 rings (SSSR count). The molecule has 1 aliphatic carbocycles. The number of hydrogen-bond donors (Lipinski definition) is 2. The van der Waals surface area contributed by atoms with Gasteiger partial charge in [0.05, 0.1) is 36.0 Å². The number of nitrogens with zero attached hydrogens (tertiary/aromatic N) is 3. The summed E-state index contributed by atoms with van der Waals surface area (Å²) in [7, 11) is -2.31. The van der Waals surface area contributed by atoms with E-state index in [9.17, 15) is 27.6 Å². The van der Waals surface area contributed by atoms with Crippen molar-refractivity contribution in [1.82, 2.24) is 24.8 Å². The second-order valence-corrected chi connectivity index (χ2v) is 19.8. The van der Waals surface area contributed by atoms with Gasteiger partial charge in [-0.3, -0.25) is 23.9 Å². The lowest BCUT2D eigenvalue weighted by Crippen LogP contribution is -2.59. The Bertz CT molecular complexity index is 2090. The second-order valence-electron chi connectivity index (χ2n) is 17.8. The number of ether oxygens (including phenoxy) is 2. The summed E-state index contributed by atoms with van der Waals surface area (Å²) in [6.45, 7) is 12.3. The van der Waals surface area contributed by atoms with E-state index < -0.39 is 62.0 Å². The number of benzene rings is 2. The van der Waals surface area contributed by atoms with Gasteiger partial charge in [-0.25, -0.2) is 13.4 Å². The fourth-order valence-corrected chi connectivity index (χ4v) is 9.02. The van der Waals surface area contributed by atoms with Crippen molar-refractivity contribution in [2.24, 2.45) is 16.7 Å². The summed E-state index contributed by atoms with van der Waals surface area (Å²) in [5.41, 5.74) is 0.639. The number of nitrogens with one attached hydrogen (secondary N) is 2. The summed E-state index contributed by atoms with van der Waals surface area (Å²) in [5, 5.41) is 2.91. The maximum Gasteiger partial charge on any atom is 0.256 e. The SMILES string of the molecule is COc1ccc2c(O[C@@H]3C[C@@H](C(=O)NC(C(=O)NS(=O)(=O)C4CC4)C(C)(C)C)N(C(=O)C(CC(=O)N4CCCCC4)C(C)(C)C)C3)cc(-c3ccccc3)nc2c1. The molecular formula is C43H57N5O8S. The van der Waals surface area contributed by atoms with Crippen LogP contribution in [0.4, 0.5) is 0 Å². The monoisotopic (exact) mass is 803 g/mol. The highest BCUT2D eigenvalue weighted by Gasteiger charge is 2.48. The highest BCUT2D eigenvalue weighted by Crippen LogP contribution is 2.38. The smallest absolute Gasteiger partial charge is 0.256 e. The highest BCUT2D eigenvalue weighted by molar-refractivity contribution is 7.90. The molecule has 2 aromatic carbocycles. The number of sulfonamides is 1. The molecule has 0 bridgehead atoms. The molecular weight excluding hydrogens is 747 g/mol. The molecule has 0 radical (unpaired) electrons. The summed E-state index contributed by atoms with van der Waals surface area (Å²) in [4.78, 5) is 64.8. The number of hydrogen-bond acceptors (Lipinski definition) is 9. The molecule has 0 spiro atoms. The first-order valence-corrected chi connectivity index (χ1v) is 21.6. The summed E-state index contributed by atoms with van der Waals surface area (Å²) < 4.78 is 40.0. The van der Waals surface area contributed by atoms with Gasteiger partial charge in [0.1, 0.15) is 29.7 Å². The molecule has 1 aromatic heterocycles. The Morgan fingerprint density at radius 1 is 0.912 bits per heavy atom. The lowest BCUT2D eigenvalue weighted by molar-refractivity contribution is -0.149. The summed E-state index contributed by atoms with van der Waals surface area (Å²) in [6, 6.07) is 14.7. The molecule has 13 nitrogen and oxygen atoms in total. The molecule has 308 valence electrons. The summed E-state index contributed by atoms with van der Waals surface area (Å²) in [6.07, 6.45) is 3.23. The zero-order valence-electron chi connectivity index (χ0n) is 34.2. The minimum atomic E-state index is -3.89. The lowest BCUT2D eigenvalue weighted by Gasteiger charge is -2.37. The third-order valence-corrected chi connectivity index (χ3v) is 13.1. The van der Waals surface area contributed by atoms with Crippen molar-refractivity contribution in [3.05, 3.63) is 54.6 Å². The fraction of sp³-hybridized carbons (Fsp3) is 0.558. The lowest BCUT2D eigenvalue weighted by atomic mass is 9.77. The number of methoxy groups -OCH3 is 1. The van der Waals surface area contributed by atoms with Gasteiger partial charge in [-0.15, -0.1) is 0 Å². The number of aromatic nitrogens is 1. The molecule has 4 amide bonds. The van der Waals surface area contributed by atoms with Crippen LogP contribution in [0.1, 0.15) is 86.5 Å². The van der Waals surface area contributed by atoms with Gasteiger partial charge in [0.25, 0.3) is 5.91 Å². The van der Waals surface area contributed by atoms with E-state index in [1.54, 1.807) is 27.9 Å².